The van der Waals surface area contributed by atoms with Gasteiger partial charge in [0.05, 0.1) is 5.25 Å². The fourth-order valence-electron chi connectivity index (χ4n) is 1.92. The van der Waals surface area contributed by atoms with Gasteiger partial charge in [0, 0.05) is 12.6 Å². The standard InChI is InChI=1S/C12H28N2O2S/c1-6-12(7-2)11(5)14-17(15,16)10(4)9-13-8-3/h10-14H,6-9H2,1-5H3. The molecule has 0 aromatic rings. The van der Waals surface area contributed by atoms with Crippen LogP contribution < -0.4 is 10.0 Å². The van der Waals surface area contributed by atoms with Crippen LogP contribution in [0.1, 0.15) is 47.5 Å². The van der Waals surface area contributed by atoms with Gasteiger partial charge < -0.3 is 5.32 Å². The Kier molecular flexibility index (Phi) is 8.00. The molecule has 104 valence electrons. The fourth-order valence-corrected chi connectivity index (χ4v) is 3.20. The molecule has 0 aliphatic carbocycles. The van der Waals surface area contributed by atoms with E-state index < -0.39 is 10.0 Å². The van der Waals surface area contributed by atoms with Gasteiger partial charge in [0.2, 0.25) is 10.0 Å². The van der Waals surface area contributed by atoms with E-state index in [0.717, 1.165) is 19.4 Å². The van der Waals surface area contributed by atoms with Crippen LogP contribution in [0.5, 0.6) is 0 Å². The Morgan fingerprint density at radius 2 is 1.59 bits per heavy atom. The molecule has 17 heavy (non-hydrogen) atoms. The molecule has 4 nitrogen and oxygen atoms in total. The molecular formula is C12H28N2O2S. The van der Waals surface area contributed by atoms with E-state index in [1.54, 1.807) is 6.92 Å². The van der Waals surface area contributed by atoms with Crippen LogP contribution in [-0.2, 0) is 10.0 Å². The summed E-state index contributed by atoms with van der Waals surface area (Å²) in [5.74, 6) is 0.413. The Labute approximate surface area is 107 Å². The average Bonchev–Trinajstić information content (AvgIpc) is 2.26. The summed E-state index contributed by atoms with van der Waals surface area (Å²) in [4.78, 5) is 0. The third-order valence-corrected chi connectivity index (χ3v) is 5.24. The normalized spacial score (nSPS) is 16.1. The molecule has 2 unspecified atom stereocenters. The molecule has 0 rings (SSSR count). The van der Waals surface area contributed by atoms with Gasteiger partial charge in [-0.1, -0.05) is 33.6 Å². The van der Waals surface area contributed by atoms with Crippen LogP contribution >= 0.6 is 0 Å². The van der Waals surface area contributed by atoms with E-state index in [1.807, 2.05) is 13.8 Å². The van der Waals surface area contributed by atoms with Gasteiger partial charge in [-0.05, 0) is 26.3 Å². The largest absolute Gasteiger partial charge is 0.316 e. The summed E-state index contributed by atoms with van der Waals surface area (Å²) in [5, 5.41) is 2.68. The first-order chi connectivity index (χ1) is 7.88. The lowest BCUT2D eigenvalue weighted by molar-refractivity contribution is 0.389. The molecule has 5 heteroatoms. The highest BCUT2D eigenvalue weighted by molar-refractivity contribution is 7.90. The molecular weight excluding hydrogens is 236 g/mol. The van der Waals surface area contributed by atoms with Gasteiger partial charge in [0.1, 0.15) is 0 Å². The summed E-state index contributed by atoms with van der Waals surface area (Å²) in [6, 6.07) is 0.0130. The van der Waals surface area contributed by atoms with Crippen molar-refractivity contribution in [2.75, 3.05) is 13.1 Å². The zero-order chi connectivity index (χ0) is 13.5. The van der Waals surface area contributed by atoms with Crippen molar-refractivity contribution in [3.63, 3.8) is 0 Å². The highest BCUT2D eigenvalue weighted by Gasteiger charge is 2.24. The zero-order valence-corrected chi connectivity index (χ0v) is 12.6. The molecule has 2 atom stereocenters. The van der Waals surface area contributed by atoms with Crippen molar-refractivity contribution in [2.24, 2.45) is 5.92 Å². The number of hydrogen-bond acceptors (Lipinski definition) is 3. The van der Waals surface area contributed by atoms with E-state index in [-0.39, 0.29) is 11.3 Å². The number of rotatable bonds is 9. The molecule has 2 N–H and O–H groups in total. The third kappa shape index (κ3) is 5.84. The molecule has 0 fully saturated rings. The lowest BCUT2D eigenvalue weighted by atomic mass is 9.96. The Balaban J connectivity index is 4.42. The van der Waals surface area contributed by atoms with Crippen molar-refractivity contribution >= 4 is 10.0 Å². The predicted molar refractivity (Wildman–Crippen MR) is 73.6 cm³/mol. The van der Waals surface area contributed by atoms with Crippen molar-refractivity contribution in [2.45, 2.75) is 58.8 Å². The fraction of sp³-hybridized carbons (Fsp3) is 1.00. The first-order valence-corrected chi connectivity index (χ1v) is 8.15. The average molecular weight is 264 g/mol. The van der Waals surface area contributed by atoms with E-state index in [9.17, 15) is 8.42 Å². The molecule has 0 bridgehead atoms. The molecule has 0 saturated heterocycles. The summed E-state index contributed by atoms with van der Waals surface area (Å²) in [6.07, 6.45) is 2.00. The summed E-state index contributed by atoms with van der Waals surface area (Å²) in [6.45, 7) is 11.2. The highest BCUT2D eigenvalue weighted by Crippen LogP contribution is 2.14. The number of hydrogen-bond donors (Lipinski definition) is 2. The van der Waals surface area contributed by atoms with E-state index in [0.29, 0.717) is 12.5 Å². The maximum atomic E-state index is 12.0. The van der Waals surface area contributed by atoms with Crippen LogP contribution in [0, 0.1) is 5.92 Å². The maximum absolute atomic E-state index is 12.0. The van der Waals surface area contributed by atoms with Gasteiger partial charge in [0.25, 0.3) is 0 Å². The molecule has 0 spiro atoms. The zero-order valence-electron chi connectivity index (χ0n) is 11.8. The second-order valence-electron chi connectivity index (χ2n) is 4.65. The van der Waals surface area contributed by atoms with Crippen LogP contribution in [0.4, 0.5) is 0 Å². The van der Waals surface area contributed by atoms with Gasteiger partial charge >= 0.3 is 0 Å². The van der Waals surface area contributed by atoms with Crippen molar-refractivity contribution in [1.82, 2.24) is 10.0 Å². The maximum Gasteiger partial charge on any atom is 0.215 e. The van der Waals surface area contributed by atoms with Crippen LogP contribution in [0.15, 0.2) is 0 Å². The quantitative estimate of drug-likeness (QED) is 0.667. The number of sulfonamides is 1. The minimum atomic E-state index is -3.21. The van der Waals surface area contributed by atoms with Gasteiger partial charge in [-0.3, -0.25) is 0 Å². The Bertz CT molecular complexity index is 287. The first kappa shape index (κ1) is 16.9. The van der Waals surface area contributed by atoms with Crippen LogP contribution in [-0.4, -0.2) is 32.8 Å². The SMILES string of the molecule is CCNCC(C)S(=O)(=O)NC(C)C(CC)CC. The number of nitrogens with one attached hydrogen (secondary N) is 2. The van der Waals surface area contributed by atoms with Crippen molar-refractivity contribution in [3.05, 3.63) is 0 Å². The molecule has 0 aromatic heterocycles. The van der Waals surface area contributed by atoms with Gasteiger partial charge in [-0.2, -0.15) is 0 Å². The third-order valence-electron chi connectivity index (χ3n) is 3.32. The van der Waals surface area contributed by atoms with E-state index >= 15 is 0 Å². The van der Waals surface area contributed by atoms with Crippen molar-refractivity contribution in [1.29, 1.82) is 0 Å². The first-order valence-electron chi connectivity index (χ1n) is 6.60. The molecule has 0 heterocycles. The predicted octanol–water partition coefficient (Wildman–Crippen LogP) is 1.73. The van der Waals surface area contributed by atoms with E-state index in [2.05, 4.69) is 23.9 Å². The van der Waals surface area contributed by atoms with Crippen molar-refractivity contribution < 1.29 is 8.42 Å². The Morgan fingerprint density at radius 1 is 1.06 bits per heavy atom. The minimum absolute atomic E-state index is 0.0130. The van der Waals surface area contributed by atoms with Crippen LogP contribution in [0.2, 0.25) is 0 Å². The summed E-state index contributed by atoms with van der Waals surface area (Å²) >= 11 is 0. The van der Waals surface area contributed by atoms with Crippen molar-refractivity contribution in [3.8, 4) is 0 Å². The molecule has 0 aliphatic heterocycles. The molecule has 0 aromatic carbocycles. The summed E-state index contributed by atoms with van der Waals surface area (Å²) in [5.41, 5.74) is 0. The van der Waals surface area contributed by atoms with Crippen LogP contribution in [0.25, 0.3) is 0 Å². The summed E-state index contributed by atoms with van der Waals surface area (Å²) in [7, 11) is -3.21. The van der Waals surface area contributed by atoms with E-state index in [4.69, 9.17) is 0 Å². The monoisotopic (exact) mass is 264 g/mol. The minimum Gasteiger partial charge on any atom is -0.316 e. The Hall–Kier alpha value is -0.130. The van der Waals surface area contributed by atoms with Gasteiger partial charge in [0.15, 0.2) is 0 Å². The van der Waals surface area contributed by atoms with Crippen LogP contribution in [0.3, 0.4) is 0 Å². The molecule has 0 aliphatic rings. The lowest BCUT2D eigenvalue weighted by Gasteiger charge is -2.24. The second kappa shape index (κ2) is 8.06. The molecule has 0 saturated carbocycles. The Morgan fingerprint density at radius 3 is 2.00 bits per heavy atom. The van der Waals surface area contributed by atoms with Gasteiger partial charge in [-0.25, -0.2) is 13.1 Å². The molecule has 0 amide bonds. The molecule has 0 radical (unpaired) electrons. The topological polar surface area (TPSA) is 58.2 Å². The highest BCUT2D eigenvalue weighted by atomic mass is 32.2. The lowest BCUT2D eigenvalue weighted by Crippen LogP contribution is -2.45. The summed E-state index contributed by atoms with van der Waals surface area (Å²) < 4.78 is 26.9. The second-order valence-corrected chi connectivity index (χ2v) is 6.78. The van der Waals surface area contributed by atoms with Gasteiger partial charge in [-0.15, -0.1) is 0 Å². The van der Waals surface area contributed by atoms with E-state index in [1.165, 1.54) is 0 Å². The smallest absolute Gasteiger partial charge is 0.215 e.